The Labute approximate surface area is 190 Å². The normalized spacial score (nSPS) is 22.6. The predicted octanol–water partition coefficient (Wildman–Crippen LogP) is 3.58. The third-order valence-corrected chi connectivity index (χ3v) is 6.58. The minimum atomic E-state index is -0.694. The summed E-state index contributed by atoms with van der Waals surface area (Å²) >= 11 is 0. The second-order valence-electron chi connectivity index (χ2n) is 9.01. The van der Waals surface area contributed by atoms with E-state index in [-0.39, 0.29) is 17.9 Å². The molecular weight excluding hydrogens is 408 g/mol. The standard InChI is InChI=1S/C25H36N2O5/c1-18-3-7-21(8-4-18)26-24(28)10-6-19-5-9-22(23(17-19)31-2)32-16-15-27-13-11-20(12-14-27)25(29)30/h5-6,9-10,17-18,20-21H,3-4,7-8,11-16H2,1-2H3,(H,26,28)(H,29,30)/t18-,21-. The fourth-order valence-electron chi connectivity index (χ4n) is 4.42. The smallest absolute Gasteiger partial charge is 0.306 e. The van der Waals surface area contributed by atoms with E-state index >= 15 is 0 Å². The average Bonchev–Trinajstić information content (AvgIpc) is 2.80. The van der Waals surface area contributed by atoms with E-state index in [1.807, 2.05) is 18.2 Å². The van der Waals surface area contributed by atoms with Crippen molar-refractivity contribution in [3.8, 4) is 11.5 Å². The van der Waals surface area contributed by atoms with E-state index < -0.39 is 5.97 Å². The first-order chi connectivity index (χ1) is 15.4. The van der Waals surface area contributed by atoms with E-state index in [1.54, 1.807) is 19.3 Å². The summed E-state index contributed by atoms with van der Waals surface area (Å²) in [7, 11) is 1.60. The molecule has 7 nitrogen and oxygen atoms in total. The summed E-state index contributed by atoms with van der Waals surface area (Å²) < 4.78 is 11.4. The van der Waals surface area contributed by atoms with Gasteiger partial charge in [-0.1, -0.05) is 13.0 Å². The Morgan fingerprint density at radius 3 is 2.50 bits per heavy atom. The molecule has 1 saturated heterocycles. The van der Waals surface area contributed by atoms with Crippen molar-refractivity contribution in [2.24, 2.45) is 11.8 Å². The van der Waals surface area contributed by atoms with Gasteiger partial charge in [-0.15, -0.1) is 0 Å². The van der Waals surface area contributed by atoms with Crippen LogP contribution in [0.2, 0.25) is 0 Å². The fourth-order valence-corrected chi connectivity index (χ4v) is 4.42. The van der Waals surface area contributed by atoms with Crippen LogP contribution in [0.3, 0.4) is 0 Å². The number of amides is 1. The zero-order chi connectivity index (χ0) is 22.9. The Morgan fingerprint density at radius 2 is 1.84 bits per heavy atom. The van der Waals surface area contributed by atoms with Gasteiger partial charge in [-0.05, 0) is 81.3 Å². The molecular formula is C25H36N2O5. The predicted molar refractivity (Wildman–Crippen MR) is 124 cm³/mol. The second-order valence-corrected chi connectivity index (χ2v) is 9.01. The first-order valence-corrected chi connectivity index (χ1v) is 11.7. The number of carbonyl (C=O) groups excluding carboxylic acids is 1. The molecule has 0 spiro atoms. The van der Waals surface area contributed by atoms with E-state index in [0.717, 1.165) is 44.0 Å². The lowest BCUT2D eigenvalue weighted by atomic mass is 9.87. The Morgan fingerprint density at radius 1 is 1.12 bits per heavy atom. The van der Waals surface area contributed by atoms with Crippen LogP contribution in [-0.2, 0) is 9.59 Å². The van der Waals surface area contributed by atoms with Crippen molar-refractivity contribution in [2.45, 2.75) is 51.5 Å². The van der Waals surface area contributed by atoms with Gasteiger partial charge < -0.3 is 19.9 Å². The number of methoxy groups -OCH3 is 1. The molecule has 1 saturated carbocycles. The monoisotopic (exact) mass is 444 g/mol. The average molecular weight is 445 g/mol. The number of aliphatic carboxylic acids is 1. The number of rotatable bonds is 9. The number of ether oxygens (including phenoxy) is 2. The summed E-state index contributed by atoms with van der Waals surface area (Å²) in [5.74, 6) is 1.07. The lowest BCUT2D eigenvalue weighted by Gasteiger charge is -2.29. The molecule has 1 aromatic carbocycles. The minimum absolute atomic E-state index is 0.0597. The molecule has 0 radical (unpaired) electrons. The fraction of sp³-hybridized carbons (Fsp3) is 0.600. The highest BCUT2D eigenvalue weighted by Crippen LogP contribution is 2.29. The van der Waals surface area contributed by atoms with Crippen molar-refractivity contribution in [1.82, 2.24) is 10.2 Å². The molecule has 0 aromatic heterocycles. The number of benzene rings is 1. The molecule has 0 bridgehead atoms. The maximum absolute atomic E-state index is 12.2. The van der Waals surface area contributed by atoms with Crippen LogP contribution in [0.15, 0.2) is 24.3 Å². The quantitative estimate of drug-likeness (QED) is 0.566. The Balaban J connectivity index is 1.45. The third-order valence-electron chi connectivity index (χ3n) is 6.58. The van der Waals surface area contributed by atoms with Crippen LogP contribution >= 0.6 is 0 Å². The van der Waals surface area contributed by atoms with Gasteiger partial charge in [0, 0.05) is 18.7 Å². The number of nitrogens with zero attached hydrogens (tertiary/aromatic N) is 1. The van der Waals surface area contributed by atoms with Crippen LogP contribution in [0.5, 0.6) is 11.5 Å². The number of carboxylic acid groups (broad SMARTS) is 1. The van der Waals surface area contributed by atoms with E-state index in [9.17, 15) is 9.59 Å². The lowest BCUT2D eigenvalue weighted by molar-refractivity contribution is -0.143. The summed E-state index contributed by atoms with van der Waals surface area (Å²) in [5.41, 5.74) is 0.873. The van der Waals surface area contributed by atoms with Crippen LogP contribution in [0, 0.1) is 11.8 Å². The van der Waals surface area contributed by atoms with Gasteiger partial charge >= 0.3 is 5.97 Å². The van der Waals surface area contributed by atoms with E-state index in [4.69, 9.17) is 14.6 Å². The van der Waals surface area contributed by atoms with Gasteiger partial charge in [-0.25, -0.2) is 0 Å². The number of likely N-dealkylation sites (tertiary alicyclic amines) is 1. The van der Waals surface area contributed by atoms with Crippen molar-refractivity contribution < 1.29 is 24.2 Å². The Kier molecular flexibility index (Phi) is 8.97. The lowest BCUT2D eigenvalue weighted by Crippen LogP contribution is -2.38. The zero-order valence-corrected chi connectivity index (χ0v) is 19.2. The summed E-state index contributed by atoms with van der Waals surface area (Å²) in [5, 5.41) is 12.2. The molecule has 1 heterocycles. The van der Waals surface area contributed by atoms with E-state index in [2.05, 4.69) is 17.1 Å². The number of piperidine rings is 1. The highest BCUT2D eigenvalue weighted by Gasteiger charge is 2.24. The Hall–Kier alpha value is -2.54. The topological polar surface area (TPSA) is 88.1 Å². The van der Waals surface area contributed by atoms with Gasteiger partial charge in [0.05, 0.1) is 13.0 Å². The number of carboxylic acids is 1. The molecule has 2 aliphatic rings. The molecule has 1 aliphatic carbocycles. The number of nitrogens with one attached hydrogen (secondary N) is 1. The summed E-state index contributed by atoms with van der Waals surface area (Å²) in [6.45, 7) is 5.08. The first-order valence-electron chi connectivity index (χ1n) is 11.7. The van der Waals surface area contributed by atoms with Gasteiger partial charge in [0.2, 0.25) is 5.91 Å². The van der Waals surface area contributed by atoms with E-state index in [0.29, 0.717) is 30.9 Å². The van der Waals surface area contributed by atoms with Crippen molar-refractivity contribution in [3.05, 3.63) is 29.8 Å². The van der Waals surface area contributed by atoms with E-state index in [1.165, 1.54) is 12.8 Å². The first kappa shape index (κ1) is 24.1. The molecule has 2 N–H and O–H groups in total. The van der Waals surface area contributed by atoms with Crippen molar-refractivity contribution in [1.29, 1.82) is 0 Å². The highest BCUT2D eigenvalue weighted by molar-refractivity contribution is 5.92. The van der Waals surface area contributed by atoms with Gasteiger partial charge in [-0.2, -0.15) is 0 Å². The second kappa shape index (κ2) is 11.9. The summed E-state index contributed by atoms with van der Waals surface area (Å²) in [6.07, 6.45) is 9.20. The van der Waals surface area contributed by atoms with Gasteiger partial charge in [0.1, 0.15) is 6.61 Å². The third kappa shape index (κ3) is 7.26. The number of hydrogen-bond donors (Lipinski definition) is 2. The maximum Gasteiger partial charge on any atom is 0.306 e. The minimum Gasteiger partial charge on any atom is -0.493 e. The molecule has 3 rings (SSSR count). The molecule has 176 valence electrons. The van der Waals surface area contributed by atoms with Gasteiger partial charge in [0.15, 0.2) is 11.5 Å². The molecule has 32 heavy (non-hydrogen) atoms. The SMILES string of the molecule is COc1cc(C=CC(=O)N[C@H]2CC[C@H](C)CC2)ccc1OCCN1CCC(C(=O)O)CC1. The molecule has 2 fully saturated rings. The van der Waals surface area contributed by atoms with Gasteiger partial charge in [0.25, 0.3) is 0 Å². The van der Waals surface area contributed by atoms with Crippen molar-refractivity contribution >= 4 is 18.0 Å². The number of carbonyl (C=O) groups is 2. The van der Waals surface area contributed by atoms with Crippen LogP contribution in [0.25, 0.3) is 6.08 Å². The molecule has 7 heteroatoms. The summed E-state index contributed by atoms with van der Waals surface area (Å²) in [6, 6.07) is 5.90. The molecule has 0 unspecified atom stereocenters. The van der Waals surface area contributed by atoms with Crippen LogP contribution < -0.4 is 14.8 Å². The zero-order valence-electron chi connectivity index (χ0n) is 19.2. The Bertz CT molecular complexity index is 794. The molecule has 1 aliphatic heterocycles. The van der Waals surface area contributed by atoms with Crippen LogP contribution in [-0.4, -0.2) is 61.3 Å². The molecule has 1 aromatic rings. The van der Waals surface area contributed by atoms with Crippen LogP contribution in [0.4, 0.5) is 0 Å². The van der Waals surface area contributed by atoms with Crippen molar-refractivity contribution in [3.63, 3.8) is 0 Å². The number of hydrogen-bond acceptors (Lipinski definition) is 5. The summed E-state index contributed by atoms with van der Waals surface area (Å²) in [4.78, 5) is 25.5. The van der Waals surface area contributed by atoms with Gasteiger partial charge in [-0.3, -0.25) is 14.5 Å². The maximum atomic E-state index is 12.2. The highest BCUT2D eigenvalue weighted by atomic mass is 16.5. The van der Waals surface area contributed by atoms with Crippen molar-refractivity contribution in [2.75, 3.05) is 33.4 Å². The molecule has 0 atom stereocenters. The molecule has 1 amide bonds. The van der Waals surface area contributed by atoms with Crippen LogP contribution in [0.1, 0.15) is 51.0 Å². The largest absolute Gasteiger partial charge is 0.493 e.